The van der Waals surface area contributed by atoms with Gasteiger partial charge in [0.1, 0.15) is 11.5 Å². The Hall–Kier alpha value is -1.33. The first-order valence-corrected chi connectivity index (χ1v) is 7.66. The number of ether oxygens (including phenoxy) is 1. The Morgan fingerprint density at radius 1 is 1.33 bits per heavy atom. The Morgan fingerprint density at radius 3 is 2.57 bits per heavy atom. The monoisotopic (exact) mass is 294 g/mol. The Kier molecular flexibility index (Phi) is 5.42. The fourth-order valence-corrected chi connectivity index (χ4v) is 2.86. The van der Waals surface area contributed by atoms with Crippen LogP contribution in [0.5, 0.6) is 0 Å². The molecular formula is C16H26N2O3. The maximum atomic E-state index is 12.2. The summed E-state index contributed by atoms with van der Waals surface area (Å²) in [7, 11) is 0. The molecule has 0 radical (unpaired) electrons. The number of morpholine rings is 1. The lowest BCUT2D eigenvalue weighted by molar-refractivity contribution is -0.135. The molecule has 1 aromatic rings. The number of carbonyl (C=O) groups excluding carboxylic acids is 1. The molecule has 0 unspecified atom stereocenters. The molecule has 0 spiro atoms. The summed E-state index contributed by atoms with van der Waals surface area (Å²) >= 11 is 0. The molecule has 1 N–H and O–H groups in total. The SMILES string of the molecule is Cc1cc([C@H](C)N[C@H](C)CC(=O)N2CCOCC2)c(C)o1. The van der Waals surface area contributed by atoms with Crippen molar-refractivity contribution in [1.82, 2.24) is 10.2 Å². The smallest absolute Gasteiger partial charge is 0.224 e. The van der Waals surface area contributed by atoms with E-state index in [4.69, 9.17) is 9.15 Å². The summed E-state index contributed by atoms with van der Waals surface area (Å²) < 4.78 is 10.8. The molecule has 118 valence electrons. The Labute approximate surface area is 126 Å². The van der Waals surface area contributed by atoms with Crippen LogP contribution in [0, 0.1) is 13.8 Å². The zero-order chi connectivity index (χ0) is 15.4. The molecule has 1 saturated heterocycles. The third-order valence-electron chi connectivity index (χ3n) is 3.92. The van der Waals surface area contributed by atoms with Crippen LogP contribution >= 0.6 is 0 Å². The molecule has 5 heteroatoms. The summed E-state index contributed by atoms with van der Waals surface area (Å²) in [6.45, 7) is 10.8. The Morgan fingerprint density at radius 2 is 2.00 bits per heavy atom. The Bertz CT molecular complexity index is 478. The van der Waals surface area contributed by atoms with Crippen molar-refractivity contribution in [1.29, 1.82) is 0 Å². The van der Waals surface area contributed by atoms with Crippen LogP contribution in [0.2, 0.25) is 0 Å². The van der Waals surface area contributed by atoms with Gasteiger partial charge in [0, 0.05) is 37.2 Å². The van der Waals surface area contributed by atoms with E-state index in [1.54, 1.807) is 0 Å². The van der Waals surface area contributed by atoms with Crippen LogP contribution in [0.25, 0.3) is 0 Å². The fourth-order valence-electron chi connectivity index (χ4n) is 2.86. The topological polar surface area (TPSA) is 54.7 Å². The molecule has 0 saturated carbocycles. The minimum absolute atomic E-state index is 0.130. The number of rotatable bonds is 5. The van der Waals surface area contributed by atoms with E-state index in [1.165, 1.54) is 0 Å². The third-order valence-corrected chi connectivity index (χ3v) is 3.92. The van der Waals surface area contributed by atoms with Gasteiger partial charge >= 0.3 is 0 Å². The quantitative estimate of drug-likeness (QED) is 0.904. The van der Waals surface area contributed by atoms with Gasteiger partial charge in [-0.2, -0.15) is 0 Å². The first-order valence-electron chi connectivity index (χ1n) is 7.66. The molecule has 0 aromatic carbocycles. The molecule has 1 fully saturated rings. The molecule has 1 amide bonds. The molecule has 5 nitrogen and oxygen atoms in total. The molecule has 0 aliphatic carbocycles. The van der Waals surface area contributed by atoms with E-state index in [0.29, 0.717) is 32.7 Å². The second-order valence-electron chi connectivity index (χ2n) is 5.86. The van der Waals surface area contributed by atoms with Crippen LogP contribution in [-0.4, -0.2) is 43.2 Å². The van der Waals surface area contributed by atoms with E-state index in [-0.39, 0.29) is 18.0 Å². The summed E-state index contributed by atoms with van der Waals surface area (Å²) in [5.74, 6) is 2.07. The second kappa shape index (κ2) is 7.09. The number of nitrogens with one attached hydrogen (secondary N) is 1. The van der Waals surface area contributed by atoms with Gasteiger partial charge in [0.2, 0.25) is 5.91 Å². The number of carbonyl (C=O) groups is 1. The zero-order valence-electron chi connectivity index (χ0n) is 13.4. The largest absolute Gasteiger partial charge is 0.466 e. The molecule has 1 aromatic heterocycles. The van der Waals surface area contributed by atoms with Gasteiger partial charge in [-0.1, -0.05) is 0 Å². The normalized spacial score (nSPS) is 18.6. The van der Waals surface area contributed by atoms with E-state index in [2.05, 4.69) is 25.2 Å². The van der Waals surface area contributed by atoms with E-state index in [9.17, 15) is 4.79 Å². The molecule has 0 bridgehead atoms. The summed E-state index contributed by atoms with van der Waals surface area (Å²) in [6.07, 6.45) is 0.514. The van der Waals surface area contributed by atoms with Crippen molar-refractivity contribution >= 4 is 5.91 Å². The van der Waals surface area contributed by atoms with Crippen LogP contribution in [0.3, 0.4) is 0 Å². The number of nitrogens with zero attached hydrogens (tertiary/aromatic N) is 1. The maximum absolute atomic E-state index is 12.2. The van der Waals surface area contributed by atoms with Crippen molar-refractivity contribution in [3.8, 4) is 0 Å². The van der Waals surface area contributed by atoms with Crippen molar-refractivity contribution in [2.24, 2.45) is 0 Å². The van der Waals surface area contributed by atoms with Gasteiger partial charge in [-0.05, 0) is 33.8 Å². The average molecular weight is 294 g/mol. The highest BCUT2D eigenvalue weighted by atomic mass is 16.5. The zero-order valence-corrected chi connectivity index (χ0v) is 13.4. The van der Waals surface area contributed by atoms with Gasteiger partial charge in [-0.3, -0.25) is 4.79 Å². The summed E-state index contributed by atoms with van der Waals surface area (Å²) in [6, 6.07) is 2.36. The van der Waals surface area contributed by atoms with Gasteiger partial charge in [0.25, 0.3) is 0 Å². The number of amides is 1. The highest BCUT2D eigenvalue weighted by Gasteiger charge is 2.21. The van der Waals surface area contributed by atoms with Crippen LogP contribution in [-0.2, 0) is 9.53 Å². The number of hydrogen-bond donors (Lipinski definition) is 1. The number of aryl methyl sites for hydroxylation is 2. The van der Waals surface area contributed by atoms with Crippen LogP contribution in [0.4, 0.5) is 0 Å². The van der Waals surface area contributed by atoms with Crippen LogP contribution in [0.1, 0.15) is 43.4 Å². The summed E-state index contributed by atoms with van der Waals surface area (Å²) in [5.41, 5.74) is 1.16. The molecule has 2 atom stereocenters. The summed E-state index contributed by atoms with van der Waals surface area (Å²) in [5, 5.41) is 3.48. The predicted octanol–water partition coefficient (Wildman–Crippen LogP) is 2.18. The van der Waals surface area contributed by atoms with Crippen LogP contribution in [0.15, 0.2) is 10.5 Å². The van der Waals surface area contributed by atoms with E-state index >= 15 is 0 Å². The molecule has 21 heavy (non-hydrogen) atoms. The van der Waals surface area contributed by atoms with Crippen molar-refractivity contribution in [3.05, 3.63) is 23.2 Å². The van der Waals surface area contributed by atoms with Crippen molar-refractivity contribution < 1.29 is 13.9 Å². The highest BCUT2D eigenvalue weighted by molar-refractivity contribution is 5.76. The van der Waals surface area contributed by atoms with Gasteiger partial charge in [-0.25, -0.2) is 0 Å². The highest BCUT2D eigenvalue weighted by Crippen LogP contribution is 2.21. The molecule has 1 aliphatic heterocycles. The van der Waals surface area contributed by atoms with E-state index in [1.807, 2.05) is 18.7 Å². The fraction of sp³-hybridized carbons (Fsp3) is 0.688. The average Bonchev–Trinajstić information content (AvgIpc) is 2.78. The first kappa shape index (κ1) is 16.0. The van der Waals surface area contributed by atoms with Crippen molar-refractivity contribution in [2.45, 2.75) is 46.2 Å². The predicted molar refractivity (Wildman–Crippen MR) is 81.2 cm³/mol. The lowest BCUT2D eigenvalue weighted by Crippen LogP contribution is -2.43. The lowest BCUT2D eigenvalue weighted by Gasteiger charge is -2.28. The van der Waals surface area contributed by atoms with E-state index < -0.39 is 0 Å². The second-order valence-corrected chi connectivity index (χ2v) is 5.86. The molecular weight excluding hydrogens is 268 g/mol. The molecule has 1 aliphatic rings. The standard InChI is InChI=1S/C16H26N2O3/c1-11(9-16(19)18-5-7-20-8-6-18)17-13(3)15-10-12(2)21-14(15)4/h10-11,13,17H,5-9H2,1-4H3/t11-,13+/m1/s1. The molecule has 2 rings (SSSR count). The molecule has 2 heterocycles. The Balaban J connectivity index is 1.84. The van der Waals surface area contributed by atoms with Crippen molar-refractivity contribution in [2.75, 3.05) is 26.3 Å². The van der Waals surface area contributed by atoms with Crippen molar-refractivity contribution in [3.63, 3.8) is 0 Å². The van der Waals surface area contributed by atoms with Crippen LogP contribution < -0.4 is 5.32 Å². The summed E-state index contributed by atoms with van der Waals surface area (Å²) in [4.78, 5) is 14.1. The van der Waals surface area contributed by atoms with Gasteiger partial charge in [-0.15, -0.1) is 0 Å². The van der Waals surface area contributed by atoms with Gasteiger partial charge in [0.05, 0.1) is 13.2 Å². The lowest BCUT2D eigenvalue weighted by atomic mass is 10.1. The maximum Gasteiger partial charge on any atom is 0.224 e. The minimum atomic E-state index is 0.130. The first-order chi connectivity index (χ1) is 9.97. The van der Waals surface area contributed by atoms with Gasteiger partial charge < -0.3 is 19.4 Å². The van der Waals surface area contributed by atoms with Gasteiger partial charge in [0.15, 0.2) is 0 Å². The third kappa shape index (κ3) is 4.32. The van der Waals surface area contributed by atoms with E-state index in [0.717, 1.165) is 17.1 Å². The number of hydrogen-bond acceptors (Lipinski definition) is 4. The number of furan rings is 1. The minimum Gasteiger partial charge on any atom is -0.466 e.